The highest BCUT2D eigenvalue weighted by Crippen LogP contribution is 2.34. The number of halogens is 1. The predicted molar refractivity (Wildman–Crippen MR) is 69.5 cm³/mol. The molecule has 1 aromatic rings. The van der Waals surface area contributed by atoms with Crippen LogP contribution >= 0.6 is 11.6 Å². The Morgan fingerprint density at radius 2 is 1.89 bits per heavy atom. The second kappa shape index (κ2) is 4.81. The van der Waals surface area contributed by atoms with Gasteiger partial charge in [-0.15, -0.1) is 0 Å². The van der Waals surface area contributed by atoms with Gasteiger partial charge in [0.1, 0.15) is 16.7 Å². The van der Waals surface area contributed by atoms with E-state index in [1.165, 1.54) is 0 Å². The summed E-state index contributed by atoms with van der Waals surface area (Å²) in [6, 6.07) is 3.49. The van der Waals surface area contributed by atoms with E-state index >= 15 is 0 Å². The molecule has 1 fully saturated rings. The summed E-state index contributed by atoms with van der Waals surface area (Å²) >= 11 is 5.70. The molecule has 18 heavy (non-hydrogen) atoms. The Morgan fingerprint density at radius 1 is 1.28 bits per heavy atom. The minimum Gasteiger partial charge on any atom is -0.299 e. The fourth-order valence-electron chi connectivity index (χ4n) is 2.42. The van der Waals surface area contributed by atoms with Gasteiger partial charge in [0.15, 0.2) is 0 Å². The second-order valence-electron chi connectivity index (χ2n) is 5.70. The van der Waals surface area contributed by atoms with Crippen molar-refractivity contribution in [2.75, 3.05) is 0 Å². The van der Waals surface area contributed by atoms with Gasteiger partial charge < -0.3 is 0 Å². The SMILES string of the molecule is CC1(C)CC(=O)C(Cc2ccc(Cl)nc2)C(=O)C1. The highest BCUT2D eigenvalue weighted by Gasteiger charge is 2.39. The van der Waals surface area contributed by atoms with Crippen LogP contribution in [0.4, 0.5) is 0 Å². The maximum atomic E-state index is 12.0. The Kier molecular flexibility index (Phi) is 3.53. The molecule has 3 nitrogen and oxygen atoms in total. The summed E-state index contributed by atoms with van der Waals surface area (Å²) in [5.74, 6) is -0.404. The van der Waals surface area contributed by atoms with E-state index < -0.39 is 5.92 Å². The van der Waals surface area contributed by atoms with Gasteiger partial charge in [-0.2, -0.15) is 0 Å². The third-order valence-electron chi connectivity index (χ3n) is 3.31. The van der Waals surface area contributed by atoms with Crippen LogP contribution in [-0.4, -0.2) is 16.6 Å². The number of hydrogen-bond donors (Lipinski definition) is 0. The molecule has 0 N–H and O–H groups in total. The van der Waals surface area contributed by atoms with Gasteiger partial charge in [-0.25, -0.2) is 4.98 Å². The van der Waals surface area contributed by atoms with Crippen LogP contribution in [0.3, 0.4) is 0 Å². The minimum atomic E-state index is -0.499. The van der Waals surface area contributed by atoms with Crippen molar-refractivity contribution in [2.45, 2.75) is 33.1 Å². The largest absolute Gasteiger partial charge is 0.299 e. The fraction of sp³-hybridized carbons (Fsp3) is 0.500. The van der Waals surface area contributed by atoms with Gasteiger partial charge in [0.25, 0.3) is 0 Å². The van der Waals surface area contributed by atoms with E-state index in [-0.39, 0.29) is 17.0 Å². The Hall–Kier alpha value is -1.22. The van der Waals surface area contributed by atoms with Crippen molar-refractivity contribution in [3.05, 3.63) is 29.0 Å². The van der Waals surface area contributed by atoms with Crippen molar-refractivity contribution in [3.8, 4) is 0 Å². The van der Waals surface area contributed by atoms with Crippen LogP contribution in [0.25, 0.3) is 0 Å². The molecule has 0 saturated heterocycles. The molecule has 0 radical (unpaired) electrons. The Labute approximate surface area is 112 Å². The Bertz CT molecular complexity index is 459. The Morgan fingerprint density at radius 3 is 2.39 bits per heavy atom. The molecular weight excluding hydrogens is 250 g/mol. The van der Waals surface area contributed by atoms with Crippen LogP contribution in [0.15, 0.2) is 18.3 Å². The van der Waals surface area contributed by atoms with Crippen LogP contribution in [0.5, 0.6) is 0 Å². The standard InChI is InChI=1S/C14H16ClNO2/c1-14(2)6-11(17)10(12(18)7-14)5-9-3-4-13(15)16-8-9/h3-4,8,10H,5-7H2,1-2H3. The van der Waals surface area contributed by atoms with Gasteiger partial charge in [-0.05, 0) is 23.5 Å². The van der Waals surface area contributed by atoms with Crippen molar-refractivity contribution in [2.24, 2.45) is 11.3 Å². The zero-order valence-corrected chi connectivity index (χ0v) is 11.3. The number of carbonyl (C=O) groups excluding carboxylic acids is 2. The summed E-state index contributed by atoms with van der Waals surface area (Å²) < 4.78 is 0. The number of hydrogen-bond acceptors (Lipinski definition) is 3. The first-order valence-corrected chi connectivity index (χ1v) is 6.41. The molecule has 0 bridgehead atoms. The van der Waals surface area contributed by atoms with E-state index in [4.69, 9.17) is 11.6 Å². The molecule has 2 rings (SSSR count). The normalized spacial score (nSPS) is 20.2. The molecule has 0 atom stereocenters. The van der Waals surface area contributed by atoms with E-state index in [1.54, 1.807) is 12.3 Å². The molecule has 0 amide bonds. The number of rotatable bonds is 2. The average molecular weight is 266 g/mol. The lowest BCUT2D eigenvalue weighted by Crippen LogP contribution is -2.38. The number of carbonyl (C=O) groups is 2. The number of nitrogens with zero attached hydrogens (tertiary/aromatic N) is 1. The van der Waals surface area contributed by atoms with Crippen LogP contribution in [-0.2, 0) is 16.0 Å². The smallest absolute Gasteiger partial charge is 0.144 e. The molecule has 1 heterocycles. The van der Waals surface area contributed by atoms with Crippen molar-refractivity contribution >= 4 is 23.2 Å². The number of ketones is 2. The van der Waals surface area contributed by atoms with Crippen molar-refractivity contribution in [1.82, 2.24) is 4.98 Å². The molecule has 0 unspecified atom stereocenters. The van der Waals surface area contributed by atoms with Gasteiger partial charge in [0, 0.05) is 19.0 Å². The lowest BCUT2D eigenvalue weighted by Gasteiger charge is -2.31. The minimum absolute atomic E-state index is 0.0474. The van der Waals surface area contributed by atoms with Crippen LogP contribution in [0.1, 0.15) is 32.3 Å². The van der Waals surface area contributed by atoms with Gasteiger partial charge in [0.2, 0.25) is 0 Å². The van der Waals surface area contributed by atoms with E-state index in [9.17, 15) is 9.59 Å². The number of Topliss-reactive ketones (excluding diaryl/α,β-unsaturated/α-hetero) is 2. The quantitative estimate of drug-likeness (QED) is 0.610. The predicted octanol–water partition coefficient (Wildman–Crippen LogP) is 2.85. The van der Waals surface area contributed by atoms with Crippen molar-refractivity contribution in [3.63, 3.8) is 0 Å². The summed E-state index contributed by atoms with van der Waals surface area (Å²) in [6.45, 7) is 3.92. The first-order valence-electron chi connectivity index (χ1n) is 6.03. The molecule has 1 aromatic heterocycles. The van der Waals surface area contributed by atoms with Gasteiger partial charge in [-0.3, -0.25) is 9.59 Å². The molecule has 4 heteroatoms. The monoisotopic (exact) mass is 265 g/mol. The second-order valence-corrected chi connectivity index (χ2v) is 6.08. The molecule has 0 spiro atoms. The lowest BCUT2D eigenvalue weighted by atomic mass is 9.70. The van der Waals surface area contributed by atoms with Crippen LogP contribution in [0, 0.1) is 11.3 Å². The first kappa shape index (κ1) is 13.2. The summed E-state index contributed by atoms with van der Waals surface area (Å²) in [5.41, 5.74) is 0.689. The fourth-order valence-corrected chi connectivity index (χ4v) is 2.53. The molecule has 96 valence electrons. The summed E-state index contributed by atoms with van der Waals surface area (Å²) in [4.78, 5) is 28.0. The van der Waals surface area contributed by atoms with Crippen molar-refractivity contribution in [1.29, 1.82) is 0 Å². The summed E-state index contributed by atoms with van der Waals surface area (Å²) in [7, 11) is 0. The number of pyridine rings is 1. The van der Waals surface area contributed by atoms with Gasteiger partial charge in [0.05, 0.1) is 5.92 Å². The molecule has 0 aromatic carbocycles. The van der Waals surface area contributed by atoms with Gasteiger partial charge >= 0.3 is 0 Å². The highest BCUT2D eigenvalue weighted by atomic mass is 35.5. The van der Waals surface area contributed by atoms with Crippen LogP contribution < -0.4 is 0 Å². The third-order valence-corrected chi connectivity index (χ3v) is 3.53. The van der Waals surface area contributed by atoms with Gasteiger partial charge in [-0.1, -0.05) is 31.5 Å². The summed E-state index contributed by atoms with van der Waals surface area (Å²) in [6.07, 6.45) is 3.02. The first-order chi connectivity index (χ1) is 8.37. The highest BCUT2D eigenvalue weighted by molar-refractivity contribution is 6.29. The van der Waals surface area contributed by atoms with E-state index in [0.717, 1.165) is 5.56 Å². The molecule has 1 aliphatic carbocycles. The molecule has 1 aliphatic rings. The summed E-state index contributed by atoms with van der Waals surface area (Å²) in [5, 5.41) is 0.418. The lowest BCUT2D eigenvalue weighted by molar-refractivity contribution is -0.139. The zero-order chi connectivity index (χ0) is 13.3. The number of aromatic nitrogens is 1. The zero-order valence-electron chi connectivity index (χ0n) is 10.6. The van der Waals surface area contributed by atoms with E-state index in [1.807, 2.05) is 19.9 Å². The van der Waals surface area contributed by atoms with Crippen LogP contribution in [0.2, 0.25) is 5.15 Å². The molecular formula is C14H16ClNO2. The van der Waals surface area contributed by atoms with E-state index in [2.05, 4.69) is 4.98 Å². The Balaban J connectivity index is 2.12. The third kappa shape index (κ3) is 2.96. The molecule has 1 saturated carbocycles. The average Bonchev–Trinajstić information content (AvgIpc) is 2.24. The maximum Gasteiger partial charge on any atom is 0.144 e. The van der Waals surface area contributed by atoms with Crippen molar-refractivity contribution < 1.29 is 9.59 Å². The molecule has 0 aliphatic heterocycles. The van der Waals surface area contributed by atoms with E-state index in [0.29, 0.717) is 24.4 Å². The topological polar surface area (TPSA) is 47.0 Å². The maximum absolute atomic E-state index is 12.0.